The number of carbonyl (C=O) groups is 1. The van der Waals surface area contributed by atoms with Gasteiger partial charge in [0.15, 0.2) is 0 Å². The van der Waals surface area contributed by atoms with Crippen molar-refractivity contribution in [3.63, 3.8) is 0 Å². The maximum Gasteiger partial charge on any atom is 0.255 e. The molecule has 1 fully saturated rings. The van der Waals surface area contributed by atoms with E-state index in [9.17, 15) is 4.79 Å². The minimum Gasteiger partial charge on any atom is -0.385 e. The zero-order chi connectivity index (χ0) is 14.6. The normalized spacial score (nSPS) is 22.4. The van der Waals surface area contributed by atoms with Gasteiger partial charge in [-0.15, -0.1) is 0 Å². The molecule has 1 unspecified atom stereocenters. The summed E-state index contributed by atoms with van der Waals surface area (Å²) in [5.41, 5.74) is 2.02. The number of aromatic nitrogens is 1. The van der Waals surface area contributed by atoms with Crippen molar-refractivity contribution in [3.05, 3.63) is 23.5 Å². The van der Waals surface area contributed by atoms with Gasteiger partial charge in [-0.25, -0.2) is 0 Å². The molecule has 5 heteroatoms. The van der Waals surface area contributed by atoms with Gasteiger partial charge in [-0.3, -0.25) is 9.78 Å². The van der Waals surface area contributed by atoms with Gasteiger partial charge in [-0.1, -0.05) is 0 Å². The van der Waals surface area contributed by atoms with Crippen LogP contribution < -0.4 is 10.6 Å². The fraction of sp³-hybridized carbons (Fsp3) is 0.600. The van der Waals surface area contributed by atoms with Crippen molar-refractivity contribution >= 4 is 11.6 Å². The van der Waals surface area contributed by atoms with Crippen LogP contribution in [0, 0.1) is 6.92 Å². The lowest BCUT2D eigenvalue weighted by molar-refractivity contribution is 0.0273. The molecule has 20 heavy (non-hydrogen) atoms. The van der Waals surface area contributed by atoms with E-state index in [1.54, 1.807) is 6.20 Å². The highest BCUT2D eigenvalue weighted by Crippen LogP contribution is 2.21. The Morgan fingerprint density at radius 3 is 3.00 bits per heavy atom. The van der Waals surface area contributed by atoms with Crippen LogP contribution in [0.5, 0.6) is 0 Å². The van der Waals surface area contributed by atoms with E-state index in [1.165, 1.54) is 0 Å². The van der Waals surface area contributed by atoms with Crippen molar-refractivity contribution in [1.29, 1.82) is 0 Å². The van der Waals surface area contributed by atoms with Crippen molar-refractivity contribution in [2.24, 2.45) is 0 Å². The van der Waals surface area contributed by atoms with Gasteiger partial charge in [0.25, 0.3) is 5.91 Å². The van der Waals surface area contributed by atoms with E-state index in [2.05, 4.69) is 15.6 Å². The van der Waals surface area contributed by atoms with Crippen molar-refractivity contribution in [2.45, 2.75) is 39.2 Å². The molecule has 2 heterocycles. The van der Waals surface area contributed by atoms with Crippen LogP contribution in [-0.2, 0) is 4.74 Å². The zero-order valence-corrected chi connectivity index (χ0v) is 12.5. The number of aryl methyl sites for hydroxylation is 1. The molecule has 0 spiro atoms. The van der Waals surface area contributed by atoms with E-state index in [0.29, 0.717) is 12.2 Å². The highest BCUT2D eigenvalue weighted by Gasteiger charge is 2.30. The second kappa shape index (κ2) is 6.22. The Morgan fingerprint density at radius 1 is 1.55 bits per heavy atom. The number of pyridine rings is 1. The molecular formula is C15H23N3O2. The predicted molar refractivity (Wildman–Crippen MR) is 79.1 cm³/mol. The maximum absolute atomic E-state index is 12.5. The summed E-state index contributed by atoms with van der Waals surface area (Å²) >= 11 is 0. The number of nitrogens with zero attached hydrogens (tertiary/aromatic N) is 1. The Labute approximate surface area is 120 Å². The summed E-state index contributed by atoms with van der Waals surface area (Å²) in [5.74, 6) is -0.0959. The standard InChI is InChI=1S/C15H23N3O2/c1-4-16-13-8-11(2)17-9-12(13)14(19)18-15(3)6-5-7-20-10-15/h8-9H,4-7,10H2,1-3H3,(H,16,17)(H,18,19). The van der Waals surface area contributed by atoms with Crippen LogP contribution in [0.1, 0.15) is 42.7 Å². The number of carbonyl (C=O) groups excluding carboxylic acids is 1. The summed E-state index contributed by atoms with van der Waals surface area (Å²) in [6.45, 7) is 8.06. The minimum atomic E-state index is -0.288. The lowest BCUT2D eigenvalue weighted by atomic mass is 9.94. The molecule has 110 valence electrons. The average molecular weight is 277 g/mol. The number of hydrogen-bond acceptors (Lipinski definition) is 4. The second-order valence-corrected chi connectivity index (χ2v) is 5.57. The highest BCUT2D eigenvalue weighted by molar-refractivity contribution is 5.99. The summed E-state index contributed by atoms with van der Waals surface area (Å²) in [6.07, 6.45) is 3.55. The summed E-state index contributed by atoms with van der Waals surface area (Å²) < 4.78 is 5.47. The van der Waals surface area contributed by atoms with Gasteiger partial charge in [0.1, 0.15) is 0 Å². The van der Waals surface area contributed by atoms with Crippen LogP contribution in [0.4, 0.5) is 5.69 Å². The first-order valence-corrected chi connectivity index (χ1v) is 7.15. The molecule has 1 atom stereocenters. The molecule has 0 bridgehead atoms. The second-order valence-electron chi connectivity index (χ2n) is 5.57. The number of hydrogen-bond donors (Lipinski definition) is 2. The summed E-state index contributed by atoms with van der Waals surface area (Å²) in [6, 6.07) is 1.90. The molecule has 1 amide bonds. The first-order valence-electron chi connectivity index (χ1n) is 7.15. The van der Waals surface area contributed by atoms with Crippen LogP contribution in [-0.4, -0.2) is 36.2 Å². The van der Waals surface area contributed by atoms with Gasteiger partial charge < -0.3 is 15.4 Å². The number of ether oxygens (including phenoxy) is 1. The van der Waals surface area contributed by atoms with Crippen LogP contribution in [0.15, 0.2) is 12.3 Å². The Morgan fingerprint density at radius 2 is 2.35 bits per heavy atom. The van der Waals surface area contributed by atoms with Crippen molar-refractivity contribution in [3.8, 4) is 0 Å². The van der Waals surface area contributed by atoms with Crippen LogP contribution >= 0.6 is 0 Å². The smallest absolute Gasteiger partial charge is 0.255 e. The van der Waals surface area contributed by atoms with E-state index >= 15 is 0 Å². The fourth-order valence-corrected chi connectivity index (χ4v) is 2.45. The molecule has 0 aromatic carbocycles. The monoisotopic (exact) mass is 277 g/mol. The molecule has 2 N–H and O–H groups in total. The van der Waals surface area contributed by atoms with Crippen molar-refractivity contribution < 1.29 is 9.53 Å². The maximum atomic E-state index is 12.5. The van der Waals surface area contributed by atoms with Gasteiger partial charge in [0.2, 0.25) is 0 Å². The molecule has 0 radical (unpaired) electrons. The predicted octanol–water partition coefficient (Wildman–Crippen LogP) is 2.12. The molecule has 1 aromatic heterocycles. The van der Waals surface area contributed by atoms with E-state index < -0.39 is 0 Å². The SMILES string of the molecule is CCNc1cc(C)ncc1C(=O)NC1(C)CCCOC1. The lowest BCUT2D eigenvalue weighted by Gasteiger charge is -2.34. The molecule has 1 aromatic rings. The number of nitrogens with one attached hydrogen (secondary N) is 2. The van der Waals surface area contributed by atoms with E-state index in [1.807, 2.05) is 26.8 Å². The molecular weight excluding hydrogens is 254 g/mol. The summed E-state index contributed by atoms with van der Waals surface area (Å²) in [5, 5.41) is 6.30. The average Bonchev–Trinajstić information content (AvgIpc) is 2.39. The first-order chi connectivity index (χ1) is 9.54. The molecule has 1 aliphatic rings. The number of anilines is 1. The van der Waals surface area contributed by atoms with Gasteiger partial charge >= 0.3 is 0 Å². The molecule has 0 saturated carbocycles. The highest BCUT2D eigenvalue weighted by atomic mass is 16.5. The third-order valence-electron chi connectivity index (χ3n) is 3.51. The molecule has 2 rings (SSSR count). The van der Waals surface area contributed by atoms with Crippen LogP contribution in [0.3, 0.4) is 0 Å². The quantitative estimate of drug-likeness (QED) is 0.885. The topological polar surface area (TPSA) is 63.2 Å². The fourth-order valence-electron chi connectivity index (χ4n) is 2.45. The Kier molecular flexibility index (Phi) is 4.60. The number of amides is 1. The molecule has 0 aliphatic carbocycles. The Hall–Kier alpha value is -1.62. The van der Waals surface area contributed by atoms with E-state index in [-0.39, 0.29) is 11.4 Å². The molecule has 5 nitrogen and oxygen atoms in total. The Bertz CT molecular complexity index is 482. The van der Waals surface area contributed by atoms with Gasteiger partial charge in [-0.05, 0) is 39.7 Å². The van der Waals surface area contributed by atoms with Gasteiger partial charge in [0.05, 0.1) is 23.4 Å². The van der Waals surface area contributed by atoms with Gasteiger partial charge in [-0.2, -0.15) is 0 Å². The van der Waals surface area contributed by atoms with Crippen LogP contribution in [0.2, 0.25) is 0 Å². The third-order valence-corrected chi connectivity index (χ3v) is 3.51. The minimum absolute atomic E-state index is 0.0959. The number of rotatable bonds is 4. The zero-order valence-electron chi connectivity index (χ0n) is 12.5. The largest absolute Gasteiger partial charge is 0.385 e. The first kappa shape index (κ1) is 14.8. The van der Waals surface area contributed by atoms with Crippen molar-refractivity contribution in [1.82, 2.24) is 10.3 Å². The van der Waals surface area contributed by atoms with Crippen molar-refractivity contribution in [2.75, 3.05) is 25.1 Å². The molecule has 1 saturated heterocycles. The van der Waals surface area contributed by atoms with E-state index in [0.717, 1.165) is 37.4 Å². The third kappa shape index (κ3) is 3.48. The van der Waals surface area contributed by atoms with E-state index in [4.69, 9.17) is 4.74 Å². The Balaban J connectivity index is 2.16. The van der Waals surface area contributed by atoms with Crippen LogP contribution in [0.25, 0.3) is 0 Å². The summed E-state index contributed by atoms with van der Waals surface area (Å²) in [4.78, 5) is 16.7. The summed E-state index contributed by atoms with van der Waals surface area (Å²) in [7, 11) is 0. The van der Waals surface area contributed by atoms with Gasteiger partial charge in [0, 0.05) is 25.0 Å². The molecule has 1 aliphatic heterocycles. The lowest BCUT2D eigenvalue weighted by Crippen LogP contribution is -2.51.